The van der Waals surface area contributed by atoms with Gasteiger partial charge in [0.05, 0.1) is 12.4 Å². The molecule has 0 saturated carbocycles. The molecule has 1 heterocycles. The zero-order valence-corrected chi connectivity index (χ0v) is 13.0. The molecule has 7 heteroatoms. The maximum absolute atomic E-state index is 12.1. The first-order chi connectivity index (χ1) is 9.49. The molecule has 0 saturated heterocycles. The molecule has 2 N–H and O–H groups in total. The Kier molecular flexibility index (Phi) is 6.90. The average molecular weight is 301 g/mol. The number of hydrogen-bond acceptors (Lipinski definition) is 5. The van der Waals surface area contributed by atoms with Crippen molar-refractivity contribution in [2.75, 3.05) is 20.2 Å². The van der Waals surface area contributed by atoms with Crippen molar-refractivity contribution in [3.05, 3.63) is 23.9 Å². The molecule has 0 bridgehead atoms. The highest BCUT2D eigenvalue weighted by Gasteiger charge is 2.19. The van der Waals surface area contributed by atoms with Crippen LogP contribution in [0.2, 0.25) is 0 Å². The zero-order chi connectivity index (χ0) is 15.0. The van der Waals surface area contributed by atoms with Gasteiger partial charge in [-0.15, -0.1) is 0 Å². The van der Waals surface area contributed by atoms with E-state index in [-0.39, 0.29) is 6.54 Å². The summed E-state index contributed by atoms with van der Waals surface area (Å²) in [4.78, 5) is 3.98. The van der Waals surface area contributed by atoms with Crippen LogP contribution in [0.15, 0.2) is 18.3 Å². The number of methoxy groups -OCH3 is 1. The number of aromatic nitrogens is 1. The highest BCUT2D eigenvalue weighted by Crippen LogP contribution is 2.09. The Hall–Kier alpha value is -1.18. The fraction of sp³-hybridized carbons (Fsp3) is 0.615. The third-order valence-electron chi connectivity index (χ3n) is 2.87. The summed E-state index contributed by atoms with van der Waals surface area (Å²) >= 11 is 0. The summed E-state index contributed by atoms with van der Waals surface area (Å²) in [5.74, 6) is 0.472. The Morgan fingerprint density at radius 3 is 2.85 bits per heavy atom. The van der Waals surface area contributed by atoms with E-state index >= 15 is 0 Å². The fourth-order valence-electron chi connectivity index (χ4n) is 1.59. The Labute approximate surface area is 121 Å². The Bertz CT molecular complexity index is 505. The number of nitrogens with zero attached hydrogens (tertiary/aromatic N) is 1. The molecule has 0 spiro atoms. The molecule has 0 aliphatic heterocycles. The molecule has 0 radical (unpaired) electrons. The van der Waals surface area contributed by atoms with Gasteiger partial charge in [-0.05, 0) is 31.5 Å². The number of nitrogens with one attached hydrogen (secondary N) is 2. The Balaban J connectivity index is 2.53. The lowest BCUT2D eigenvalue weighted by molar-refractivity contribution is 0.397. The maximum atomic E-state index is 12.1. The molecule has 20 heavy (non-hydrogen) atoms. The first kappa shape index (κ1) is 16.9. The first-order valence-corrected chi connectivity index (χ1v) is 8.22. The van der Waals surface area contributed by atoms with Gasteiger partial charge in [-0.1, -0.05) is 6.92 Å². The second-order valence-electron chi connectivity index (χ2n) is 4.59. The normalized spacial score (nSPS) is 13.2. The number of sulfonamides is 1. The highest BCUT2D eigenvalue weighted by molar-refractivity contribution is 7.90. The predicted octanol–water partition coefficient (Wildman–Crippen LogP) is 0.898. The van der Waals surface area contributed by atoms with Crippen molar-refractivity contribution in [3.63, 3.8) is 0 Å². The summed E-state index contributed by atoms with van der Waals surface area (Å²) in [6, 6.07) is 3.47. The van der Waals surface area contributed by atoms with Crippen LogP contribution in [-0.4, -0.2) is 38.9 Å². The van der Waals surface area contributed by atoms with E-state index in [2.05, 4.69) is 15.0 Å². The summed E-state index contributed by atoms with van der Waals surface area (Å²) in [6.07, 6.45) is 2.58. The monoisotopic (exact) mass is 301 g/mol. The van der Waals surface area contributed by atoms with Gasteiger partial charge in [-0.2, -0.15) is 0 Å². The maximum Gasteiger partial charge on any atom is 0.215 e. The molecular formula is C13H23N3O3S. The van der Waals surface area contributed by atoms with Crippen LogP contribution < -0.4 is 14.8 Å². The van der Waals surface area contributed by atoms with Gasteiger partial charge in [0.25, 0.3) is 0 Å². The van der Waals surface area contributed by atoms with Crippen molar-refractivity contribution >= 4 is 10.0 Å². The first-order valence-electron chi connectivity index (χ1n) is 6.67. The molecule has 114 valence electrons. The standard InChI is InChI=1S/C13H23N3O3S/c1-4-6-14-9-11(2)20(17,18)16-10-12-5-7-15-13(8-12)19-3/h5,7-8,11,14,16H,4,6,9-10H2,1-3H3. The van der Waals surface area contributed by atoms with Crippen LogP contribution in [0.5, 0.6) is 5.88 Å². The Morgan fingerprint density at radius 1 is 1.45 bits per heavy atom. The molecular weight excluding hydrogens is 278 g/mol. The zero-order valence-electron chi connectivity index (χ0n) is 12.2. The molecule has 1 atom stereocenters. The van der Waals surface area contributed by atoms with Crippen molar-refractivity contribution in [1.82, 2.24) is 15.0 Å². The van der Waals surface area contributed by atoms with Gasteiger partial charge in [-0.25, -0.2) is 18.1 Å². The van der Waals surface area contributed by atoms with Crippen molar-refractivity contribution in [2.45, 2.75) is 32.1 Å². The molecule has 0 aliphatic rings. The lowest BCUT2D eigenvalue weighted by Gasteiger charge is -2.14. The number of ether oxygens (including phenoxy) is 1. The fourth-order valence-corrected chi connectivity index (χ4v) is 2.58. The van der Waals surface area contributed by atoms with Crippen molar-refractivity contribution in [1.29, 1.82) is 0 Å². The third kappa shape index (κ3) is 5.44. The lowest BCUT2D eigenvalue weighted by Crippen LogP contribution is -2.38. The van der Waals surface area contributed by atoms with Crippen LogP contribution in [0.3, 0.4) is 0 Å². The van der Waals surface area contributed by atoms with Crippen molar-refractivity contribution < 1.29 is 13.2 Å². The van der Waals surface area contributed by atoms with Gasteiger partial charge < -0.3 is 10.1 Å². The van der Waals surface area contributed by atoms with E-state index in [1.165, 1.54) is 7.11 Å². The van der Waals surface area contributed by atoms with Crippen LogP contribution in [0.4, 0.5) is 0 Å². The van der Waals surface area contributed by atoms with Gasteiger partial charge in [0, 0.05) is 25.4 Å². The molecule has 0 amide bonds. The van der Waals surface area contributed by atoms with Crippen LogP contribution in [0.25, 0.3) is 0 Å². The molecule has 1 aromatic rings. The molecule has 0 fully saturated rings. The minimum absolute atomic E-state index is 0.235. The van der Waals surface area contributed by atoms with Crippen molar-refractivity contribution in [2.24, 2.45) is 0 Å². The molecule has 1 rings (SSSR count). The topological polar surface area (TPSA) is 80.3 Å². The van der Waals surface area contributed by atoms with E-state index in [0.717, 1.165) is 18.5 Å². The summed E-state index contributed by atoms with van der Waals surface area (Å²) in [7, 11) is -1.81. The van der Waals surface area contributed by atoms with Gasteiger partial charge >= 0.3 is 0 Å². The van der Waals surface area contributed by atoms with Crippen LogP contribution in [-0.2, 0) is 16.6 Å². The van der Waals surface area contributed by atoms with Gasteiger partial charge in [-0.3, -0.25) is 0 Å². The minimum Gasteiger partial charge on any atom is -0.481 e. The van der Waals surface area contributed by atoms with E-state index in [1.54, 1.807) is 25.3 Å². The van der Waals surface area contributed by atoms with E-state index in [9.17, 15) is 8.42 Å². The number of pyridine rings is 1. The summed E-state index contributed by atoms with van der Waals surface area (Å²) in [5, 5.41) is 2.63. The van der Waals surface area contributed by atoms with Crippen molar-refractivity contribution in [3.8, 4) is 5.88 Å². The lowest BCUT2D eigenvalue weighted by atomic mass is 10.3. The average Bonchev–Trinajstić information content (AvgIpc) is 2.45. The molecule has 0 aliphatic carbocycles. The quantitative estimate of drug-likeness (QED) is 0.662. The largest absolute Gasteiger partial charge is 0.481 e. The SMILES string of the molecule is CCCNCC(C)S(=O)(=O)NCc1ccnc(OC)c1. The molecule has 0 aromatic carbocycles. The van der Waals surface area contributed by atoms with Crippen LogP contribution in [0, 0.1) is 0 Å². The van der Waals surface area contributed by atoms with E-state index < -0.39 is 15.3 Å². The van der Waals surface area contributed by atoms with Gasteiger partial charge in [0.2, 0.25) is 15.9 Å². The molecule has 6 nitrogen and oxygen atoms in total. The van der Waals surface area contributed by atoms with E-state index in [4.69, 9.17) is 4.74 Å². The molecule has 1 unspecified atom stereocenters. The summed E-state index contributed by atoms with van der Waals surface area (Å²) < 4.78 is 31.7. The second kappa shape index (κ2) is 8.18. The highest BCUT2D eigenvalue weighted by atomic mass is 32.2. The second-order valence-corrected chi connectivity index (χ2v) is 6.77. The summed E-state index contributed by atoms with van der Waals surface area (Å²) in [6.45, 7) is 5.24. The smallest absolute Gasteiger partial charge is 0.215 e. The van der Waals surface area contributed by atoms with Crippen LogP contribution in [0.1, 0.15) is 25.8 Å². The third-order valence-corrected chi connectivity index (χ3v) is 4.65. The summed E-state index contributed by atoms with van der Waals surface area (Å²) in [5.41, 5.74) is 0.814. The van der Waals surface area contributed by atoms with Crippen LogP contribution >= 0.6 is 0 Å². The Morgan fingerprint density at radius 2 is 2.20 bits per heavy atom. The minimum atomic E-state index is -3.33. The van der Waals surface area contributed by atoms with E-state index in [1.807, 2.05) is 6.92 Å². The molecule has 1 aromatic heterocycles. The predicted molar refractivity (Wildman–Crippen MR) is 79.2 cm³/mol. The van der Waals surface area contributed by atoms with Gasteiger partial charge in [0.15, 0.2) is 0 Å². The van der Waals surface area contributed by atoms with Gasteiger partial charge in [0.1, 0.15) is 0 Å². The number of hydrogen-bond donors (Lipinski definition) is 2. The number of rotatable bonds is 9. The van der Waals surface area contributed by atoms with E-state index in [0.29, 0.717) is 12.4 Å².